The summed E-state index contributed by atoms with van der Waals surface area (Å²) in [5, 5.41) is 2.83. The Kier molecular flexibility index (Phi) is 6.45. The van der Waals surface area contributed by atoms with Crippen LogP contribution in [0.25, 0.3) is 0 Å². The molecule has 1 heterocycles. The number of rotatable bonds is 6. The van der Waals surface area contributed by atoms with Crippen LogP contribution < -0.4 is 5.32 Å². The van der Waals surface area contributed by atoms with E-state index in [-0.39, 0.29) is 18.4 Å². The Morgan fingerprint density at radius 1 is 1.15 bits per heavy atom. The van der Waals surface area contributed by atoms with Crippen molar-refractivity contribution in [3.05, 3.63) is 57.3 Å². The van der Waals surface area contributed by atoms with Gasteiger partial charge in [0.1, 0.15) is 4.88 Å². The minimum absolute atomic E-state index is 0.212. The third-order valence-electron chi connectivity index (χ3n) is 4.76. The van der Waals surface area contributed by atoms with E-state index < -0.39 is 5.97 Å². The molecule has 1 aliphatic rings. The summed E-state index contributed by atoms with van der Waals surface area (Å²) < 4.78 is 5.20. The maximum Gasteiger partial charge on any atom is 0.348 e. The van der Waals surface area contributed by atoms with Crippen molar-refractivity contribution in [3.8, 4) is 0 Å². The van der Waals surface area contributed by atoms with Gasteiger partial charge in [-0.2, -0.15) is 0 Å². The number of ether oxygens (including phenoxy) is 1. The lowest BCUT2D eigenvalue weighted by Crippen LogP contribution is -2.31. The van der Waals surface area contributed by atoms with Crippen molar-refractivity contribution >= 4 is 23.2 Å². The Hall–Kier alpha value is -2.14. The molecule has 1 aliphatic carbocycles. The molecule has 1 aromatic carbocycles. The maximum absolute atomic E-state index is 12.2. The van der Waals surface area contributed by atoms with Crippen LogP contribution in [0.5, 0.6) is 0 Å². The van der Waals surface area contributed by atoms with Gasteiger partial charge in [0.2, 0.25) is 0 Å². The Labute approximate surface area is 158 Å². The van der Waals surface area contributed by atoms with Crippen molar-refractivity contribution in [2.24, 2.45) is 0 Å². The van der Waals surface area contributed by atoms with E-state index in [1.54, 1.807) is 0 Å². The summed E-state index contributed by atoms with van der Waals surface area (Å²) in [5.41, 5.74) is 2.45. The second-order valence-electron chi connectivity index (χ2n) is 6.81. The van der Waals surface area contributed by atoms with Gasteiger partial charge in [-0.25, -0.2) is 4.79 Å². The lowest BCUT2D eigenvalue weighted by Gasteiger charge is -2.13. The molecule has 0 fully saturated rings. The van der Waals surface area contributed by atoms with E-state index in [1.165, 1.54) is 46.6 Å². The molecule has 1 N–H and O–H groups in total. The van der Waals surface area contributed by atoms with Crippen LogP contribution in [0.4, 0.5) is 0 Å². The van der Waals surface area contributed by atoms with Gasteiger partial charge >= 0.3 is 5.97 Å². The minimum atomic E-state index is -0.394. The highest BCUT2D eigenvalue weighted by Gasteiger charge is 2.18. The Bertz CT molecular complexity index is 730. The van der Waals surface area contributed by atoms with E-state index in [9.17, 15) is 9.59 Å². The molecular weight excluding hydrogens is 346 g/mol. The van der Waals surface area contributed by atoms with E-state index in [4.69, 9.17) is 4.74 Å². The van der Waals surface area contributed by atoms with Crippen LogP contribution in [-0.2, 0) is 22.4 Å². The van der Waals surface area contributed by atoms with E-state index in [1.807, 2.05) is 36.4 Å². The van der Waals surface area contributed by atoms with Gasteiger partial charge in [-0.05, 0) is 48.8 Å². The predicted molar refractivity (Wildman–Crippen MR) is 104 cm³/mol. The van der Waals surface area contributed by atoms with Gasteiger partial charge in [0.05, 0.1) is 0 Å². The van der Waals surface area contributed by atoms with Crippen LogP contribution in [0.3, 0.4) is 0 Å². The molecule has 0 spiro atoms. The summed E-state index contributed by atoms with van der Waals surface area (Å²) in [5.74, 6) is -0.447. The topological polar surface area (TPSA) is 55.4 Å². The smallest absolute Gasteiger partial charge is 0.348 e. The minimum Gasteiger partial charge on any atom is -0.451 e. The van der Waals surface area contributed by atoms with Gasteiger partial charge in [0.15, 0.2) is 6.61 Å². The quantitative estimate of drug-likeness (QED) is 0.614. The average molecular weight is 372 g/mol. The van der Waals surface area contributed by atoms with E-state index >= 15 is 0 Å². The average Bonchev–Trinajstić information content (AvgIpc) is 2.95. The number of esters is 1. The molecule has 1 aromatic heterocycles. The van der Waals surface area contributed by atoms with Crippen molar-refractivity contribution < 1.29 is 14.3 Å². The van der Waals surface area contributed by atoms with Crippen LogP contribution in [0.2, 0.25) is 0 Å². The second-order valence-corrected chi connectivity index (χ2v) is 7.95. The molecule has 3 rings (SSSR count). The molecule has 0 bridgehead atoms. The highest BCUT2D eigenvalue weighted by atomic mass is 32.1. The number of fused-ring (bicyclic) bond motifs is 1. The molecular formula is C21H25NO3S. The Balaban J connectivity index is 1.45. The zero-order valence-corrected chi connectivity index (χ0v) is 15.9. The lowest BCUT2D eigenvalue weighted by molar-refractivity contribution is -0.124. The number of aryl methyl sites for hydroxylation is 2. The molecule has 0 radical (unpaired) electrons. The second kappa shape index (κ2) is 8.99. The number of thiophene rings is 1. The van der Waals surface area contributed by atoms with Crippen molar-refractivity contribution in [2.45, 2.75) is 44.9 Å². The predicted octanol–water partition coefficient (Wildman–Crippen LogP) is 4.09. The fourth-order valence-electron chi connectivity index (χ4n) is 3.19. The number of hydrogen-bond acceptors (Lipinski definition) is 4. The molecule has 5 heteroatoms. The third kappa shape index (κ3) is 4.94. The standard InChI is InChI=1S/C21H25NO3S/c1-15(16-8-4-2-5-9-16)13-22-20(23)14-25-21(24)19-12-17-10-6-3-7-11-18(17)26-19/h2,4-5,8-9,12,15H,3,6-7,10-11,13-14H2,1H3,(H,22,23)/t15-/m0/s1. The lowest BCUT2D eigenvalue weighted by atomic mass is 10.0. The molecule has 2 aromatic rings. The van der Waals surface area contributed by atoms with Crippen LogP contribution in [0.1, 0.15) is 57.8 Å². The summed E-state index contributed by atoms with van der Waals surface area (Å²) >= 11 is 1.52. The van der Waals surface area contributed by atoms with Crippen LogP contribution in [0, 0.1) is 0 Å². The molecule has 0 unspecified atom stereocenters. The van der Waals surface area contributed by atoms with Crippen molar-refractivity contribution in [2.75, 3.05) is 13.2 Å². The molecule has 1 atom stereocenters. The van der Waals surface area contributed by atoms with Gasteiger partial charge in [0.25, 0.3) is 5.91 Å². The molecule has 138 valence electrons. The van der Waals surface area contributed by atoms with Crippen LogP contribution in [-0.4, -0.2) is 25.0 Å². The summed E-state index contributed by atoms with van der Waals surface area (Å²) in [4.78, 5) is 26.1. The maximum atomic E-state index is 12.2. The van der Waals surface area contributed by atoms with Crippen molar-refractivity contribution in [1.82, 2.24) is 5.32 Å². The first kappa shape index (κ1) is 18.6. The third-order valence-corrected chi connectivity index (χ3v) is 5.97. The van der Waals surface area contributed by atoms with E-state index in [0.717, 1.165) is 12.8 Å². The summed E-state index contributed by atoms with van der Waals surface area (Å²) in [7, 11) is 0. The molecule has 4 nitrogen and oxygen atoms in total. The summed E-state index contributed by atoms with van der Waals surface area (Å²) in [6, 6.07) is 12.0. The van der Waals surface area contributed by atoms with Crippen molar-refractivity contribution in [3.63, 3.8) is 0 Å². The largest absolute Gasteiger partial charge is 0.451 e. The van der Waals surface area contributed by atoms with Crippen LogP contribution >= 0.6 is 11.3 Å². The highest BCUT2D eigenvalue weighted by Crippen LogP contribution is 2.29. The molecule has 0 aliphatic heterocycles. The fourth-order valence-corrected chi connectivity index (χ4v) is 4.34. The number of hydrogen-bond donors (Lipinski definition) is 1. The number of carbonyl (C=O) groups excluding carboxylic acids is 2. The van der Waals surface area contributed by atoms with Crippen molar-refractivity contribution in [1.29, 1.82) is 0 Å². The molecule has 0 saturated carbocycles. The van der Waals surface area contributed by atoms with Crippen LogP contribution in [0.15, 0.2) is 36.4 Å². The first-order valence-electron chi connectivity index (χ1n) is 9.24. The van der Waals surface area contributed by atoms with Gasteiger partial charge in [0, 0.05) is 11.4 Å². The van der Waals surface area contributed by atoms with E-state index in [0.29, 0.717) is 11.4 Å². The zero-order valence-electron chi connectivity index (χ0n) is 15.1. The first-order chi connectivity index (χ1) is 12.6. The first-order valence-corrected chi connectivity index (χ1v) is 10.1. The summed E-state index contributed by atoms with van der Waals surface area (Å²) in [6.45, 7) is 2.34. The molecule has 0 saturated heterocycles. The van der Waals surface area contributed by atoms with Gasteiger partial charge in [-0.15, -0.1) is 11.3 Å². The molecule has 26 heavy (non-hydrogen) atoms. The zero-order chi connectivity index (χ0) is 18.4. The monoisotopic (exact) mass is 371 g/mol. The highest BCUT2D eigenvalue weighted by molar-refractivity contribution is 7.14. The fraction of sp³-hybridized carbons (Fsp3) is 0.429. The summed E-state index contributed by atoms with van der Waals surface area (Å²) in [6.07, 6.45) is 5.70. The number of benzene rings is 1. The normalized spacial score (nSPS) is 14.8. The van der Waals surface area contributed by atoms with Gasteiger partial charge < -0.3 is 10.1 Å². The SMILES string of the molecule is C[C@@H](CNC(=O)COC(=O)c1cc2c(s1)CCCCC2)c1ccccc1. The number of carbonyl (C=O) groups is 2. The van der Waals surface area contributed by atoms with Gasteiger partial charge in [-0.3, -0.25) is 4.79 Å². The van der Waals surface area contributed by atoms with Gasteiger partial charge in [-0.1, -0.05) is 43.7 Å². The Morgan fingerprint density at radius 3 is 2.73 bits per heavy atom. The van der Waals surface area contributed by atoms with E-state index in [2.05, 4.69) is 12.2 Å². The number of nitrogens with one attached hydrogen (secondary N) is 1. The number of amides is 1. The Morgan fingerprint density at radius 2 is 1.92 bits per heavy atom. The molecule has 1 amide bonds.